The molecular weight excluding hydrogens is 200 g/mol. The summed E-state index contributed by atoms with van der Waals surface area (Å²) in [5.41, 5.74) is 0. The lowest BCUT2D eigenvalue weighted by Crippen LogP contribution is -2.48. The van der Waals surface area contributed by atoms with Crippen LogP contribution in [0.5, 0.6) is 0 Å². The highest BCUT2D eigenvalue weighted by Crippen LogP contribution is 2.27. The first-order valence-electron chi connectivity index (χ1n) is 6.78. The molecule has 0 amide bonds. The first-order valence-corrected chi connectivity index (χ1v) is 6.78. The van der Waals surface area contributed by atoms with E-state index in [9.17, 15) is 0 Å². The van der Waals surface area contributed by atoms with E-state index in [-0.39, 0.29) is 0 Å². The van der Waals surface area contributed by atoms with Gasteiger partial charge >= 0.3 is 0 Å². The summed E-state index contributed by atoms with van der Waals surface area (Å²) in [7, 11) is 1.78. The van der Waals surface area contributed by atoms with Crippen molar-refractivity contribution in [2.24, 2.45) is 0 Å². The zero-order valence-electron chi connectivity index (χ0n) is 10.7. The summed E-state index contributed by atoms with van der Waals surface area (Å²) >= 11 is 0. The average molecular weight is 226 g/mol. The van der Waals surface area contributed by atoms with Crippen LogP contribution in [0.2, 0.25) is 0 Å². The third-order valence-electron chi connectivity index (χ3n) is 4.10. The molecule has 0 aromatic rings. The lowest BCUT2D eigenvalue weighted by molar-refractivity contribution is 0.150. The minimum Gasteiger partial charge on any atom is -0.385 e. The van der Waals surface area contributed by atoms with E-state index in [2.05, 4.69) is 17.1 Å². The molecule has 2 aliphatic rings. The second kappa shape index (κ2) is 5.99. The summed E-state index contributed by atoms with van der Waals surface area (Å²) in [6.07, 6.45) is 6.65. The van der Waals surface area contributed by atoms with Crippen LogP contribution in [0, 0.1) is 0 Å². The molecule has 3 nitrogen and oxygen atoms in total. The molecular formula is C13H26N2O. The van der Waals surface area contributed by atoms with Crippen LogP contribution in [-0.4, -0.2) is 49.8 Å². The quantitative estimate of drug-likeness (QED) is 0.771. The van der Waals surface area contributed by atoms with E-state index in [1.165, 1.54) is 38.8 Å². The fraction of sp³-hybridized carbons (Fsp3) is 1.00. The average Bonchev–Trinajstić information content (AvgIpc) is 2.73. The van der Waals surface area contributed by atoms with E-state index < -0.39 is 0 Å². The monoisotopic (exact) mass is 226 g/mol. The molecule has 2 fully saturated rings. The number of hydrogen-bond donors (Lipinski definition) is 1. The lowest BCUT2D eigenvalue weighted by Gasteiger charge is -2.36. The molecule has 94 valence electrons. The Morgan fingerprint density at radius 3 is 3.06 bits per heavy atom. The van der Waals surface area contributed by atoms with Gasteiger partial charge in [0, 0.05) is 31.8 Å². The van der Waals surface area contributed by atoms with Gasteiger partial charge in [-0.1, -0.05) is 0 Å². The number of ether oxygens (including phenoxy) is 1. The van der Waals surface area contributed by atoms with Crippen LogP contribution < -0.4 is 5.32 Å². The van der Waals surface area contributed by atoms with Crippen LogP contribution >= 0.6 is 0 Å². The number of rotatable bonds is 5. The molecule has 2 rings (SSSR count). The van der Waals surface area contributed by atoms with Crippen LogP contribution in [0.3, 0.4) is 0 Å². The molecule has 3 unspecified atom stereocenters. The van der Waals surface area contributed by atoms with E-state index in [0.717, 1.165) is 25.1 Å². The first-order chi connectivity index (χ1) is 7.79. The van der Waals surface area contributed by atoms with Gasteiger partial charge in [-0.15, -0.1) is 0 Å². The van der Waals surface area contributed by atoms with Crippen molar-refractivity contribution in [3.63, 3.8) is 0 Å². The SMILES string of the molecule is COCCC(C)NC1CCN2CCCC2C1. The maximum Gasteiger partial charge on any atom is 0.0476 e. The van der Waals surface area contributed by atoms with E-state index in [0.29, 0.717) is 6.04 Å². The molecule has 0 aromatic heterocycles. The molecule has 0 aliphatic carbocycles. The molecule has 0 spiro atoms. The predicted molar refractivity (Wildman–Crippen MR) is 66.7 cm³/mol. The van der Waals surface area contributed by atoms with Gasteiger partial charge in [0.15, 0.2) is 0 Å². The number of fused-ring (bicyclic) bond motifs is 1. The van der Waals surface area contributed by atoms with Crippen molar-refractivity contribution in [2.75, 3.05) is 26.8 Å². The second-order valence-electron chi connectivity index (χ2n) is 5.40. The Kier molecular flexibility index (Phi) is 4.62. The highest BCUT2D eigenvalue weighted by atomic mass is 16.5. The van der Waals surface area contributed by atoms with Crippen LogP contribution in [-0.2, 0) is 4.74 Å². The van der Waals surface area contributed by atoms with Gasteiger partial charge in [-0.3, -0.25) is 0 Å². The fourth-order valence-electron chi connectivity index (χ4n) is 3.16. The number of piperidine rings is 1. The van der Waals surface area contributed by atoms with Gasteiger partial charge < -0.3 is 15.0 Å². The molecule has 1 N–H and O–H groups in total. The molecule has 16 heavy (non-hydrogen) atoms. The Morgan fingerprint density at radius 1 is 1.38 bits per heavy atom. The lowest BCUT2D eigenvalue weighted by atomic mass is 9.97. The number of nitrogens with one attached hydrogen (secondary N) is 1. The zero-order valence-corrected chi connectivity index (χ0v) is 10.7. The van der Waals surface area contributed by atoms with Crippen molar-refractivity contribution in [3.05, 3.63) is 0 Å². The maximum absolute atomic E-state index is 5.12. The summed E-state index contributed by atoms with van der Waals surface area (Å²) < 4.78 is 5.12. The Morgan fingerprint density at radius 2 is 2.25 bits per heavy atom. The van der Waals surface area contributed by atoms with E-state index in [4.69, 9.17) is 4.74 Å². The van der Waals surface area contributed by atoms with Gasteiger partial charge in [0.05, 0.1) is 0 Å². The van der Waals surface area contributed by atoms with E-state index >= 15 is 0 Å². The molecule has 2 saturated heterocycles. The molecule has 0 radical (unpaired) electrons. The molecule has 2 aliphatic heterocycles. The largest absolute Gasteiger partial charge is 0.385 e. The van der Waals surface area contributed by atoms with Crippen molar-refractivity contribution in [1.82, 2.24) is 10.2 Å². The van der Waals surface area contributed by atoms with Crippen molar-refractivity contribution in [1.29, 1.82) is 0 Å². The van der Waals surface area contributed by atoms with Gasteiger partial charge in [-0.25, -0.2) is 0 Å². The van der Waals surface area contributed by atoms with Gasteiger partial charge in [-0.05, 0) is 52.1 Å². The fourth-order valence-corrected chi connectivity index (χ4v) is 3.16. The zero-order chi connectivity index (χ0) is 11.4. The third kappa shape index (κ3) is 3.19. The summed E-state index contributed by atoms with van der Waals surface area (Å²) in [5, 5.41) is 3.76. The number of hydrogen-bond acceptors (Lipinski definition) is 3. The third-order valence-corrected chi connectivity index (χ3v) is 4.10. The van der Waals surface area contributed by atoms with E-state index in [1.54, 1.807) is 7.11 Å². The molecule has 3 atom stereocenters. The van der Waals surface area contributed by atoms with Crippen molar-refractivity contribution in [3.8, 4) is 0 Å². The van der Waals surface area contributed by atoms with Crippen LogP contribution in [0.4, 0.5) is 0 Å². The number of nitrogens with zero attached hydrogens (tertiary/aromatic N) is 1. The van der Waals surface area contributed by atoms with Gasteiger partial charge in [-0.2, -0.15) is 0 Å². The van der Waals surface area contributed by atoms with Crippen LogP contribution in [0.25, 0.3) is 0 Å². The van der Waals surface area contributed by atoms with Crippen molar-refractivity contribution < 1.29 is 4.74 Å². The second-order valence-corrected chi connectivity index (χ2v) is 5.40. The van der Waals surface area contributed by atoms with Crippen molar-refractivity contribution >= 4 is 0 Å². The van der Waals surface area contributed by atoms with Gasteiger partial charge in [0.1, 0.15) is 0 Å². The molecule has 0 bridgehead atoms. The normalized spacial score (nSPS) is 32.6. The predicted octanol–water partition coefficient (Wildman–Crippen LogP) is 1.63. The summed E-state index contributed by atoms with van der Waals surface area (Å²) in [5.74, 6) is 0. The molecule has 0 aromatic carbocycles. The van der Waals surface area contributed by atoms with Gasteiger partial charge in [0.25, 0.3) is 0 Å². The minimum atomic E-state index is 0.595. The summed E-state index contributed by atoms with van der Waals surface area (Å²) in [4.78, 5) is 2.68. The topological polar surface area (TPSA) is 24.5 Å². The highest BCUT2D eigenvalue weighted by Gasteiger charge is 2.31. The molecule has 2 heterocycles. The summed E-state index contributed by atoms with van der Waals surface area (Å²) in [6.45, 7) is 5.80. The highest BCUT2D eigenvalue weighted by molar-refractivity contribution is 4.89. The molecule has 3 heteroatoms. The van der Waals surface area contributed by atoms with Crippen LogP contribution in [0.15, 0.2) is 0 Å². The minimum absolute atomic E-state index is 0.595. The smallest absolute Gasteiger partial charge is 0.0476 e. The van der Waals surface area contributed by atoms with Gasteiger partial charge in [0.2, 0.25) is 0 Å². The Labute approximate surface area is 99.5 Å². The Balaban J connectivity index is 1.70. The van der Waals surface area contributed by atoms with Crippen molar-refractivity contribution in [2.45, 2.75) is 57.2 Å². The maximum atomic E-state index is 5.12. The van der Waals surface area contributed by atoms with E-state index in [1.807, 2.05) is 0 Å². The standard InChI is InChI=1S/C13H26N2O/c1-11(6-9-16-2)14-12-5-8-15-7-3-4-13(15)10-12/h11-14H,3-10H2,1-2H3. The first kappa shape index (κ1) is 12.3. The van der Waals surface area contributed by atoms with Crippen LogP contribution in [0.1, 0.15) is 39.0 Å². The Hall–Kier alpha value is -0.120. The summed E-state index contributed by atoms with van der Waals surface area (Å²) in [6, 6.07) is 2.21. The number of methoxy groups -OCH3 is 1. The Bertz CT molecular complexity index is 210. The molecule has 0 saturated carbocycles.